The van der Waals surface area contributed by atoms with E-state index in [0.29, 0.717) is 24.7 Å². The van der Waals surface area contributed by atoms with Crippen LogP contribution in [0.3, 0.4) is 0 Å². The summed E-state index contributed by atoms with van der Waals surface area (Å²) in [6, 6.07) is 3.30. The Kier molecular flexibility index (Phi) is 4.91. The minimum Gasteiger partial charge on any atom is -0.383 e. The number of amides is 1. The average Bonchev–Trinajstić information content (AvgIpc) is 2.80. The highest BCUT2D eigenvalue weighted by atomic mass is 79.9. The molecule has 8 heteroatoms. The van der Waals surface area contributed by atoms with Crippen molar-refractivity contribution in [3.63, 3.8) is 0 Å². The van der Waals surface area contributed by atoms with E-state index >= 15 is 0 Å². The molecule has 2 aromatic rings. The quantitative estimate of drug-likeness (QED) is 0.768. The number of pyridine rings is 1. The topological polar surface area (TPSA) is 80.5 Å². The normalized spacial score (nSPS) is 12.3. The number of methoxy groups -OCH3 is 1. The van der Waals surface area contributed by atoms with Crippen molar-refractivity contribution < 1.29 is 9.53 Å². The molecule has 0 saturated carbocycles. The molecule has 0 aliphatic rings. The van der Waals surface area contributed by atoms with Crippen LogP contribution >= 0.6 is 15.9 Å². The van der Waals surface area contributed by atoms with Crippen molar-refractivity contribution in [3.05, 3.63) is 22.8 Å². The van der Waals surface area contributed by atoms with Crippen LogP contribution in [0.4, 0.5) is 5.95 Å². The molecule has 2 aromatic heterocycles. The number of carbonyl (C=O) groups is 1. The summed E-state index contributed by atoms with van der Waals surface area (Å²) in [5.41, 5.74) is 0.711. The summed E-state index contributed by atoms with van der Waals surface area (Å²) in [7, 11) is 1.59. The first-order chi connectivity index (χ1) is 9.60. The molecule has 2 N–H and O–H groups in total. The smallest absolute Gasteiger partial charge is 0.243 e. The van der Waals surface area contributed by atoms with Crippen LogP contribution in [0.5, 0.6) is 0 Å². The fourth-order valence-electron chi connectivity index (χ4n) is 1.61. The van der Waals surface area contributed by atoms with Crippen molar-refractivity contribution in [2.75, 3.05) is 25.6 Å². The lowest BCUT2D eigenvalue weighted by Crippen LogP contribution is -2.39. The van der Waals surface area contributed by atoms with Gasteiger partial charge >= 0.3 is 0 Å². The SMILES string of the molecule is COCCNC(=O)C(C)Nc1nc2ccc(Br)cn2n1. The van der Waals surface area contributed by atoms with Crippen molar-refractivity contribution in [3.8, 4) is 0 Å². The summed E-state index contributed by atoms with van der Waals surface area (Å²) >= 11 is 3.37. The summed E-state index contributed by atoms with van der Waals surface area (Å²) in [5.74, 6) is 0.291. The zero-order chi connectivity index (χ0) is 14.5. The Bertz CT molecular complexity index is 601. The fraction of sp³-hybridized carbons (Fsp3) is 0.417. The van der Waals surface area contributed by atoms with Crippen molar-refractivity contribution in [2.24, 2.45) is 0 Å². The molecule has 1 atom stereocenters. The van der Waals surface area contributed by atoms with Crippen LogP contribution in [-0.4, -0.2) is 46.8 Å². The van der Waals surface area contributed by atoms with Gasteiger partial charge in [0.05, 0.1) is 6.61 Å². The maximum Gasteiger partial charge on any atom is 0.243 e. The first-order valence-electron chi connectivity index (χ1n) is 6.15. The van der Waals surface area contributed by atoms with Crippen LogP contribution in [0.2, 0.25) is 0 Å². The molecular weight excluding hydrogens is 326 g/mol. The van der Waals surface area contributed by atoms with Gasteiger partial charge in [-0.05, 0) is 35.0 Å². The number of hydrogen-bond donors (Lipinski definition) is 2. The highest BCUT2D eigenvalue weighted by Crippen LogP contribution is 2.12. The zero-order valence-corrected chi connectivity index (χ0v) is 12.8. The number of carbonyl (C=O) groups excluding carboxylic acids is 1. The molecule has 108 valence electrons. The van der Waals surface area contributed by atoms with Crippen molar-refractivity contribution in [1.29, 1.82) is 0 Å². The molecule has 2 rings (SSSR count). The number of aromatic nitrogens is 3. The van der Waals surface area contributed by atoms with Crippen LogP contribution in [0, 0.1) is 0 Å². The lowest BCUT2D eigenvalue weighted by atomic mass is 10.3. The second kappa shape index (κ2) is 6.67. The number of hydrogen-bond acceptors (Lipinski definition) is 5. The van der Waals surface area contributed by atoms with Gasteiger partial charge in [-0.25, -0.2) is 4.52 Å². The van der Waals surface area contributed by atoms with E-state index in [1.54, 1.807) is 24.7 Å². The molecular formula is C12H16BrN5O2. The molecule has 0 bridgehead atoms. The lowest BCUT2D eigenvalue weighted by molar-refractivity contribution is -0.121. The molecule has 7 nitrogen and oxygen atoms in total. The lowest BCUT2D eigenvalue weighted by Gasteiger charge is -2.12. The first-order valence-corrected chi connectivity index (χ1v) is 6.94. The molecule has 2 heterocycles. The van der Waals surface area contributed by atoms with E-state index in [2.05, 4.69) is 36.6 Å². The minimum atomic E-state index is -0.423. The van der Waals surface area contributed by atoms with E-state index < -0.39 is 6.04 Å². The van der Waals surface area contributed by atoms with Crippen LogP contribution in [-0.2, 0) is 9.53 Å². The number of fused-ring (bicyclic) bond motifs is 1. The predicted octanol–water partition coefficient (Wildman–Crippen LogP) is 1.05. The molecule has 0 aliphatic heterocycles. The standard InChI is InChI=1S/C12H16BrN5O2/c1-8(11(19)14-5-6-20-2)15-12-16-10-4-3-9(13)7-18(10)17-12/h3-4,7-8H,5-6H2,1-2H3,(H,14,19)(H,15,17). The van der Waals surface area contributed by atoms with Crippen LogP contribution in [0.15, 0.2) is 22.8 Å². The molecule has 20 heavy (non-hydrogen) atoms. The average molecular weight is 342 g/mol. The molecule has 0 aromatic carbocycles. The molecule has 0 spiro atoms. The molecule has 0 radical (unpaired) electrons. The van der Waals surface area contributed by atoms with Gasteiger partial charge in [0.15, 0.2) is 5.65 Å². The Labute approximate surface area is 124 Å². The van der Waals surface area contributed by atoms with Gasteiger partial charge < -0.3 is 15.4 Å². The number of nitrogens with zero attached hydrogens (tertiary/aromatic N) is 3. The second-order valence-electron chi connectivity index (χ2n) is 4.24. The van der Waals surface area contributed by atoms with Crippen LogP contribution in [0.1, 0.15) is 6.92 Å². The number of halogens is 1. The van der Waals surface area contributed by atoms with E-state index in [1.165, 1.54) is 0 Å². The van der Waals surface area contributed by atoms with Gasteiger partial charge in [0.2, 0.25) is 11.9 Å². The van der Waals surface area contributed by atoms with Gasteiger partial charge in [-0.1, -0.05) is 0 Å². The summed E-state index contributed by atoms with van der Waals surface area (Å²) in [5, 5.41) is 9.97. The third kappa shape index (κ3) is 3.67. The summed E-state index contributed by atoms with van der Waals surface area (Å²) in [6.07, 6.45) is 1.80. The minimum absolute atomic E-state index is 0.123. The van der Waals surface area contributed by atoms with E-state index in [-0.39, 0.29) is 5.91 Å². The van der Waals surface area contributed by atoms with Crippen molar-refractivity contribution in [1.82, 2.24) is 19.9 Å². The van der Waals surface area contributed by atoms with E-state index in [4.69, 9.17) is 4.74 Å². The Balaban J connectivity index is 1.98. The van der Waals surface area contributed by atoms with Crippen molar-refractivity contribution >= 4 is 33.4 Å². The maximum atomic E-state index is 11.8. The number of ether oxygens (including phenoxy) is 1. The molecule has 0 saturated heterocycles. The Morgan fingerprint density at radius 2 is 2.35 bits per heavy atom. The zero-order valence-electron chi connectivity index (χ0n) is 11.3. The van der Waals surface area contributed by atoms with Gasteiger partial charge in [-0.2, -0.15) is 4.98 Å². The molecule has 0 fully saturated rings. The van der Waals surface area contributed by atoms with Gasteiger partial charge in [-0.15, -0.1) is 5.10 Å². The summed E-state index contributed by atoms with van der Waals surface area (Å²) in [4.78, 5) is 16.1. The summed E-state index contributed by atoms with van der Waals surface area (Å²) < 4.78 is 7.42. The van der Waals surface area contributed by atoms with Crippen molar-refractivity contribution in [2.45, 2.75) is 13.0 Å². The van der Waals surface area contributed by atoms with E-state index in [0.717, 1.165) is 4.47 Å². The van der Waals surface area contributed by atoms with Gasteiger partial charge in [0, 0.05) is 24.3 Å². The van der Waals surface area contributed by atoms with Gasteiger partial charge in [-0.3, -0.25) is 4.79 Å². The summed E-state index contributed by atoms with van der Waals surface area (Å²) in [6.45, 7) is 2.72. The maximum absolute atomic E-state index is 11.8. The van der Waals surface area contributed by atoms with Gasteiger partial charge in [0.25, 0.3) is 0 Å². The largest absolute Gasteiger partial charge is 0.383 e. The number of rotatable bonds is 6. The van der Waals surface area contributed by atoms with E-state index in [9.17, 15) is 4.79 Å². The Morgan fingerprint density at radius 3 is 3.10 bits per heavy atom. The number of nitrogens with one attached hydrogen (secondary N) is 2. The molecule has 1 unspecified atom stereocenters. The fourth-order valence-corrected chi connectivity index (χ4v) is 1.93. The molecule has 0 aliphatic carbocycles. The van der Waals surface area contributed by atoms with Crippen LogP contribution in [0.25, 0.3) is 5.65 Å². The predicted molar refractivity (Wildman–Crippen MR) is 78.7 cm³/mol. The highest BCUT2D eigenvalue weighted by Gasteiger charge is 2.14. The van der Waals surface area contributed by atoms with E-state index in [1.807, 2.05) is 12.1 Å². The Hall–Kier alpha value is -1.67. The number of anilines is 1. The second-order valence-corrected chi connectivity index (χ2v) is 5.15. The third-order valence-corrected chi connectivity index (χ3v) is 3.11. The van der Waals surface area contributed by atoms with Gasteiger partial charge in [0.1, 0.15) is 6.04 Å². The third-order valence-electron chi connectivity index (χ3n) is 2.64. The molecule has 1 amide bonds. The first kappa shape index (κ1) is 14.7. The monoisotopic (exact) mass is 341 g/mol. The van der Waals surface area contributed by atoms with Crippen LogP contribution < -0.4 is 10.6 Å². The highest BCUT2D eigenvalue weighted by molar-refractivity contribution is 9.10. The Morgan fingerprint density at radius 1 is 1.55 bits per heavy atom.